The predicted molar refractivity (Wildman–Crippen MR) is 150 cm³/mol. The first-order valence-electron chi connectivity index (χ1n) is 14.4. The molecule has 0 N–H and O–H groups in total. The smallest absolute Gasteiger partial charge is 0.410 e. The molecule has 0 radical (unpaired) electrons. The number of hydrogen-bond acceptors (Lipinski definition) is 6. The fourth-order valence-corrected chi connectivity index (χ4v) is 5.75. The second-order valence-electron chi connectivity index (χ2n) is 10.1. The lowest BCUT2D eigenvalue weighted by atomic mass is 9.96. The minimum atomic E-state index is -0.216. The van der Waals surface area contributed by atoms with Crippen molar-refractivity contribution >= 4 is 17.7 Å². The summed E-state index contributed by atoms with van der Waals surface area (Å²) in [4.78, 5) is 31.5. The molecule has 3 aliphatic rings. The molecule has 0 spiro atoms. The number of piperidine rings is 1. The van der Waals surface area contributed by atoms with Gasteiger partial charge in [0.1, 0.15) is 6.61 Å². The Morgan fingerprint density at radius 1 is 0.921 bits per heavy atom. The van der Waals surface area contributed by atoms with E-state index in [-0.39, 0.29) is 18.1 Å². The van der Waals surface area contributed by atoms with E-state index < -0.39 is 0 Å². The number of nitrogens with zero attached hydrogens (tertiary/aromatic N) is 3. The van der Waals surface area contributed by atoms with E-state index in [4.69, 9.17) is 9.47 Å². The van der Waals surface area contributed by atoms with Crippen LogP contribution in [-0.2, 0) is 20.9 Å². The largest absolute Gasteiger partial charge is 0.466 e. The van der Waals surface area contributed by atoms with Crippen LogP contribution in [0, 0.1) is 0 Å². The van der Waals surface area contributed by atoms with E-state index in [1.165, 1.54) is 16.8 Å². The number of piperazine rings is 1. The van der Waals surface area contributed by atoms with Gasteiger partial charge in [0.2, 0.25) is 0 Å². The Morgan fingerprint density at radius 2 is 1.68 bits per heavy atom. The molecule has 7 heteroatoms. The predicted octanol–water partition coefficient (Wildman–Crippen LogP) is 5.75. The minimum absolute atomic E-state index is 0.0948. The monoisotopic (exact) mass is 521 g/mol. The molecule has 2 heterocycles. The van der Waals surface area contributed by atoms with Gasteiger partial charge in [0.05, 0.1) is 19.1 Å². The van der Waals surface area contributed by atoms with Gasteiger partial charge in [-0.1, -0.05) is 57.2 Å². The Bertz CT molecular complexity index is 1050. The Balaban J connectivity index is 0.00000164. The number of hydrogen-bond donors (Lipinski definition) is 0. The van der Waals surface area contributed by atoms with Gasteiger partial charge in [0.15, 0.2) is 0 Å². The molecule has 2 aromatic rings. The van der Waals surface area contributed by atoms with Crippen molar-refractivity contribution < 1.29 is 19.1 Å². The van der Waals surface area contributed by atoms with E-state index in [2.05, 4.69) is 28.0 Å². The molecule has 0 aromatic heterocycles. The Kier molecular flexibility index (Phi) is 10.0. The van der Waals surface area contributed by atoms with Crippen molar-refractivity contribution in [2.24, 2.45) is 0 Å². The lowest BCUT2D eigenvalue weighted by molar-refractivity contribution is -0.144. The molecule has 7 nitrogen and oxygen atoms in total. The summed E-state index contributed by atoms with van der Waals surface area (Å²) in [6, 6.07) is 16.8. The van der Waals surface area contributed by atoms with Crippen LogP contribution in [0.1, 0.15) is 75.1 Å². The number of amides is 1. The van der Waals surface area contributed by atoms with E-state index in [0.717, 1.165) is 64.1 Å². The van der Waals surface area contributed by atoms with Crippen LogP contribution in [0.15, 0.2) is 48.5 Å². The third-order valence-corrected chi connectivity index (χ3v) is 7.75. The Labute approximate surface area is 227 Å². The Morgan fingerprint density at radius 3 is 2.42 bits per heavy atom. The van der Waals surface area contributed by atoms with Crippen molar-refractivity contribution in [3.05, 3.63) is 65.2 Å². The van der Waals surface area contributed by atoms with Gasteiger partial charge in [-0.25, -0.2) is 4.79 Å². The quantitative estimate of drug-likeness (QED) is 0.412. The number of carbonyl (C=O) groups excluding carboxylic acids is 2. The molecule has 2 unspecified atom stereocenters. The minimum Gasteiger partial charge on any atom is -0.466 e. The number of anilines is 1. The summed E-state index contributed by atoms with van der Waals surface area (Å²) in [5.74, 6) is 0.428. The fourth-order valence-electron chi connectivity index (χ4n) is 5.75. The molecule has 2 aliphatic heterocycles. The van der Waals surface area contributed by atoms with Crippen molar-refractivity contribution in [2.45, 2.75) is 65.0 Å². The van der Waals surface area contributed by atoms with Gasteiger partial charge in [0.25, 0.3) is 0 Å². The van der Waals surface area contributed by atoms with E-state index in [1.807, 2.05) is 56.0 Å². The normalized spacial score (nSPS) is 20.3. The number of ether oxygens (including phenoxy) is 2. The highest BCUT2D eigenvalue weighted by atomic mass is 16.6. The molecule has 2 saturated heterocycles. The summed E-state index contributed by atoms with van der Waals surface area (Å²) in [6.45, 7) is 12.0. The van der Waals surface area contributed by atoms with Crippen molar-refractivity contribution in [1.82, 2.24) is 9.80 Å². The van der Waals surface area contributed by atoms with Gasteiger partial charge < -0.3 is 19.3 Å². The highest BCUT2D eigenvalue weighted by molar-refractivity contribution is 5.70. The number of esters is 1. The Hall–Kier alpha value is -3.06. The number of rotatable bonds is 8. The number of benzene rings is 2. The third-order valence-electron chi connectivity index (χ3n) is 7.75. The molecule has 1 aliphatic carbocycles. The summed E-state index contributed by atoms with van der Waals surface area (Å²) in [5, 5.41) is 0. The van der Waals surface area contributed by atoms with Crippen LogP contribution in [0.5, 0.6) is 0 Å². The molecule has 2 bridgehead atoms. The average Bonchev–Trinajstić information content (AvgIpc) is 3.26. The zero-order valence-corrected chi connectivity index (χ0v) is 23.2. The van der Waals surface area contributed by atoms with Gasteiger partial charge >= 0.3 is 12.1 Å². The van der Waals surface area contributed by atoms with Crippen LogP contribution < -0.4 is 4.90 Å². The second kappa shape index (κ2) is 13.7. The van der Waals surface area contributed by atoms with Crippen LogP contribution in [0.2, 0.25) is 0 Å². The molecule has 5 rings (SSSR count). The molecule has 206 valence electrons. The van der Waals surface area contributed by atoms with E-state index in [0.29, 0.717) is 25.6 Å². The first-order chi connectivity index (χ1) is 18.6. The van der Waals surface area contributed by atoms with Gasteiger partial charge in [-0.3, -0.25) is 9.69 Å². The molecule has 1 amide bonds. The van der Waals surface area contributed by atoms with Crippen LogP contribution >= 0.6 is 0 Å². The highest BCUT2D eigenvalue weighted by Gasteiger charge is 2.41. The molecule has 0 saturated carbocycles. The third kappa shape index (κ3) is 6.68. The SMILES string of the molecule is CC.CCCOC(=O)CCN1CCN(c2ccc3c(c2)C2CC3CCN2C(=O)OCc2ccccc2)CC1. The second-order valence-corrected chi connectivity index (χ2v) is 10.1. The molecule has 2 fully saturated rings. The molecule has 38 heavy (non-hydrogen) atoms. The van der Waals surface area contributed by atoms with Crippen molar-refractivity contribution in [3.63, 3.8) is 0 Å². The van der Waals surface area contributed by atoms with Crippen LogP contribution in [-0.4, -0.2) is 67.7 Å². The molecule has 2 atom stereocenters. The van der Waals surface area contributed by atoms with Gasteiger partial charge in [-0.15, -0.1) is 0 Å². The first-order valence-corrected chi connectivity index (χ1v) is 14.4. The molecule has 2 aromatic carbocycles. The first kappa shape index (κ1) is 28.0. The molecular weight excluding hydrogens is 478 g/mol. The van der Waals surface area contributed by atoms with Crippen molar-refractivity contribution in [3.8, 4) is 0 Å². The van der Waals surface area contributed by atoms with Crippen LogP contribution in [0.3, 0.4) is 0 Å². The van der Waals surface area contributed by atoms with Gasteiger partial charge in [-0.05, 0) is 54.0 Å². The average molecular weight is 522 g/mol. The van der Waals surface area contributed by atoms with E-state index in [1.54, 1.807) is 0 Å². The van der Waals surface area contributed by atoms with E-state index in [9.17, 15) is 9.59 Å². The summed E-state index contributed by atoms with van der Waals surface area (Å²) in [7, 11) is 0. The number of likely N-dealkylation sites (tertiary alicyclic amines) is 1. The summed E-state index contributed by atoms with van der Waals surface area (Å²) < 4.78 is 10.9. The van der Waals surface area contributed by atoms with E-state index >= 15 is 0 Å². The van der Waals surface area contributed by atoms with Crippen molar-refractivity contribution in [1.29, 1.82) is 0 Å². The maximum absolute atomic E-state index is 13.0. The highest BCUT2D eigenvalue weighted by Crippen LogP contribution is 2.50. The number of fused-ring (bicyclic) bond motifs is 5. The molecular formula is C31H43N3O4. The fraction of sp³-hybridized carbons (Fsp3) is 0.548. The lowest BCUT2D eigenvalue weighted by Crippen LogP contribution is -2.47. The summed E-state index contributed by atoms with van der Waals surface area (Å²) in [5.41, 5.74) is 4.91. The maximum atomic E-state index is 13.0. The lowest BCUT2D eigenvalue weighted by Gasteiger charge is -2.36. The summed E-state index contributed by atoms with van der Waals surface area (Å²) in [6.07, 6.45) is 3.08. The van der Waals surface area contributed by atoms with Gasteiger partial charge in [0, 0.05) is 45.0 Å². The van der Waals surface area contributed by atoms with Crippen LogP contribution in [0.25, 0.3) is 0 Å². The number of carbonyl (C=O) groups is 2. The standard InChI is InChI=1S/C29H37N3O4.C2H6/c1-2-18-35-28(33)11-12-30-14-16-31(17-15-30)24-8-9-25-23-10-13-32(27(19-23)26(25)20-24)29(34)36-21-22-6-4-3-5-7-22;1-2/h3-9,20,23,27H,2,10-19,21H2,1H3;1-2H3. The zero-order chi connectivity index (χ0) is 26.9. The van der Waals surface area contributed by atoms with Gasteiger partial charge in [-0.2, -0.15) is 0 Å². The van der Waals surface area contributed by atoms with Crippen LogP contribution in [0.4, 0.5) is 10.5 Å². The zero-order valence-electron chi connectivity index (χ0n) is 23.2. The van der Waals surface area contributed by atoms with Crippen molar-refractivity contribution in [2.75, 3.05) is 50.8 Å². The maximum Gasteiger partial charge on any atom is 0.410 e. The summed E-state index contributed by atoms with van der Waals surface area (Å²) >= 11 is 0. The topological polar surface area (TPSA) is 62.3 Å².